The van der Waals surface area contributed by atoms with Gasteiger partial charge in [0.25, 0.3) is 0 Å². The predicted octanol–water partition coefficient (Wildman–Crippen LogP) is 0.471. The minimum Gasteiger partial charge on any atom is -0.349 e. The summed E-state index contributed by atoms with van der Waals surface area (Å²) in [6, 6.07) is 1.99. The van der Waals surface area contributed by atoms with Crippen LogP contribution in [0.4, 0.5) is 0 Å². The van der Waals surface area contributed by atoms with Gasteiger partial charge in [-0.05, 0) is 13.0 Å². The summed E-state index contributed by atoms with van der Waals surface area (Å²) in [4.78, 5) is 12.9. The molecule has 1 aromatic heterocycles. The van der Waals surface area contributed by atoms with Crippen molar-refractivity contribution in [2.45, 2.75) is 26.4 Å². The van der Waals surface area contributed by atoms with Crippen LogP contribution >= 0.6 is 0 Å². The van der Waals surface area contributed by atoms with Gasteiger partial charge in [0.2, 0.25) is 5.91 Å². The van der Waals surface area contributed by atoms with E-state index in [1.54, 1.807) is 25.2 Å². The molecule has 5 heteroatoms. The Morgan fingerprint density at radius 2 is 2.31 bits per heavy atom. The Balaban J connectivity index is 2.23. The lowest BCUT2D eigenvalue weighted by molar-refractivity contribution is -0.128. The Labute approximate surface area is 96.4 Å². The van der Waals surface area contributed by atoms with Crippen LogP contribution in [-0.2, 0) is 17.9 Å². The number of carbonyl (C=O) groups excluding carboxylic acids is 1. The van der Waals surface area contributed by atoms with Crippen molar-refractivity contribution in [3.8, 4) is 0 Å². The Kier molecular flexibility index (Phi) is 4.98. The molecule has 1 rings (SSSR count). The zero-order valence-corrected chi connectivity index (χ0v) is 10.2. The number of carbonyl (C=O) groups is 1. The first-order chi connectivity index (χ1) is 7.65. The monoisotopic (exact) mass is 224 g/mol. The highest BCUT2D eigenvalue weighted by atomic mass is 16.2. The number of rotatable bonds is 6. The number of aromatic nitrogens is 2. The van der Waals surface area contributed by atoms with E-state index in [9.17, 15) is 4.79 Å². The maximum Gasteiger partial charge on any atom is 0.223 e. The van der Waals surface area contributed by atoms with Gasteiger partial charge in [0.1, 0.15) is 0 Å². The maximum atomic E-state index is 11.3. The molecule has 0 saturated heterocycles. The average Bonchev–Trinajstić information content (AvgIpc) is 2.71. The van der Waals surface area contributed by atoms with Crippen molar-refractivity contribution in [2.75, 3.05) is 20.6 Å². The maximum absolute atomic E-state index is 11.3. The molecule has 1 aromatic rings. The van der Waals surface area contributed by atoms with Crippen molar-refractivity contribution in [1.29, 1.82) is 0 Å². The van der Waals surface area contributed by atoms with Gasteiger partial charge in [0, 0.05) is 46.3 Å². The fraction of sp³-hybridized carbons (Fsp3) is 0.636. The normalized spacial score (nSPS) is 10.4. The number of hydrogen-bond donors (Lipinski definition) is 1. The van der Waals surface area contributed by atoms with E-state index < -0.39 is 0 Å². The third-order valence-electron chi connectivity index (χ3n) is 2.42. The number of aryl methyl sites for hydroxylation is 1. The second kappa shape index (κ2) is 6.27. The third kappa shape index (κ3) is 3.66. The van der Waals surface area contributed by atoms with E-state index in [0.717, 1.165) is 18.8 Å². The highest BCUT2D eigenvalue weighted by Crippen LogP contribution is 1.97. The highest BCUT2D eigenvalue weighted by molar-refractivity contribution is 5.75. The zero-order chi connectivity index (χ0) is 12.0. The van der Waals surface area contributed by atoms with Crippen LogP contribution in [0.2, 0.25) is 0 Å². The van der Waals surface area contributed by atoms with Crippen molar-refractivity contribution < 1.29 is 4.79 Å². The Morgan fingerprint density at radius 3 is 2.94 bits per heavy atom. The van der Waals surface area contributed by atoms with E-state index in [1.807, 2.05) is 10.7 Å². The van der Waals surface area contributed by atoms with E-state index in [1.165, 1.54) is 0 Å². The molecule has 16 heavy (non-hydrogen) atoms. The Hall–Kier alpha value is -1.36. The molecule has 0 atom stereocenters. The van der Waals surface area contributed by atoms with Crippen molar-refractivity contribution in [2.24, 2.45) is 0 Å². The molecular formula is C11H20N4O. The average molecular weight is 224 g/mol. The summed E-state index contributed by atoms with van der Waals surface area (Å²) in [5.41, 5.74) is 1.15. The quantitative estimate of drug-likeness (QED) is 0.715. The molecular weight excluding hydrogens is 204 g/mol. The SMILES string of the molecule is CCn1nccc1CNCCC(=O)N(C)C. The molecule has 0 radical (unpaired) electrons. The molecule has 0 aliphatic heterocycles. The summed E-state index contributed by atoms with van der Waals surface area (Å²) in [6.45, 7) is 4.40. The minimum absolute atomic E-state index is 0.150. The molecule has 0 fully saturated rings. The van der Waals surface area contributed by atoms with Crippen molar-refractivity contribution in [3.05, 3.63) is 18.0 Å². The molecule has 1 heterocycles. The summed E-state index contributed by atoms with van der Waals surface area (Å²) in [5, 5.41) is 7.42. The van der Waals surface area contributed by atoms with Crippen molar-refractivity contribution in [1.82, 2.24) is 20.0 Å². The van der Waals surface area contributed by atoms with Crippen LogP contribution in [0.25, 0.3) is 0 Å². The minimum atomic E-state index is 0.150. The molecule has 5 nitrogen and oxygen atoms in total. The van der Waals surface area contributed by atoms with Crippen LogP contribution < -0.4 is 5.32 Å². The smallest absolute Gasteiger partial charge is 0.223 e. The van der Waals surface area contributed by atoms with Gasteiger partial charge in [-0.2, -0.15) is 5.10 Å². The summed E-state index contributed by atoms with van der Waals surface area (Å²) in [5.74, 6) is 0.150. The largest absolute Gasteiger partial charge is 0.349 e. The molecule has 0 spiro atoms. The van der Waals surface area contributed by atoms with E-state index in [4.69, 9.17) is 0 Å². The summed E-state index contributed by atoms with van der Waals surface area (Å²) < 4.78 is 1.95. The Bertz CT molecular complexity index is 332. The number of amides is 1. The van der Waals surface area contributed by atoms with Gasteiger partial charge < -0.3 is 10.2 Å². The van der Waals surface area contributed by atoms with E-state index in [-0.39, 0.29) is 5.91 Å². The zero-order valence-electron chi connectivity index (χ0n) is 10.2. The van der Waals surface area contributed by atoms with Gasteiger partial charge in [-0.3, -0.25) is 9.48 Å². The van der Waals surface area contributed by atoms with E-state index >= 15 is 0 Å². The topological polar surface area (TPSA) is 50.2 Å². The summed E-state index contributed by atoms with van der Waals surface area (Å²) in [7, 11) is 3.54. The van der Waals surface area contributed by atoms with Crippen LogP contribution in [0.15, 0.2) is 12.3 Å². The standard InChI is InChI=1S/C11H20N4O/c1-4-15-10(5-8-13-15)9-12-7-6-11(16)14(2)3/h5,8,12H,4,6-7,9H2,1-3H3. The van der Waals surface area contributed by atoms with Crippen LogP contribution in [0.1, 0.15) is 19.0 Å². The first-order valence-corrected chi connectivity index (χ1v) is 5.56. The molecule has 1 N–H and O–H groups in total. The van der Waals surface area contributed by atoms with Gasteiger partial charge in [0.05, 0.1) is 5.69 Å². The van der Waals surface area contributed by atoms with Crippen LogP contribution in [0, 0.1) is 0 Å². The molecule has 1 amide bonds. The first kappa shape index (κ1) is 12.7. The first-order valence-electron chi connectivity index (χ1n) is 5.56. The second-order valence-corrected chi connectivity index (χ2v) is 3.85. The fourth-order valence-electron chi connectivity index (χ4n) is 1.43. The highest BCUT2D eigenvalue weighted by Gasteiger charge is 2.03. The molecule has 0 aliphatic carbocycles. The van der Waals surface area contributed by atoms with E-state index in [2.05, 4.69) is 17.3 Å². The molecule has 0 aromatic carbocycles. The molecule has 90 valence electrons. The van der Waals surface area contributed by atoms with Gasteiger partial charge in [0.15, 0.2) is 0 Å². The fourth-order valence-corrected chi connectivity index (χ4v) is 1.43. The third-order valence-corrected chi connectivity index (χ3v) is 2.42. The Morgan fingerprint density at radius 1 is 1.56 bits per heavy atom. The van der Waals surface area contributed by atoms with Gasteiger partial charge in [-0.1, -0.05) is 0 Å². The van der Waals surface area contributed by atoms with Crippen LogP contribution in [0.5, 0.6) is 0 Å². The predicted molar refractivity (Wildman–Crippen MR) is 62.9 cm³/mol. The number of nitrogens with zero attached hydrogens (tertiary/aromatic N) is 3. The number of hydrogen-bond acceptors (Lipinski definition) is 3. The molecule has 0 saturated carbocycles. The summed E-state index contributed by atoms with van der Waals surface area (Å²) in [6.07, 6.45) is 2.33. The van der Waals surface area contributed by atoms with Crippen LogP contribution in [-0.4, -0.2) is 41.2 Å². The lowest BCUT2D eigenvalue weighted by Gasteiger charge is -2.10. The van der Waals surface area contributed by atoms with E-state index in [0.29, 0.717) is 13.0 Å². The number of nitrogens with one attached hydrogen (secondary N) is 1. The van der Waals surface area contributed by atoms with Crippen molar-refractivity contribution in [3.63, 3.8) is 0 Å². The lowest BCUT2D eigenvalue weighted by atomic mass is 10.3. The van der Waals surface area contributed by atoms with Gasteiger partial charge in [-0.25, -0.2) is 0 Å². The van der Waals surface area contributed by atoms with Gasteiger partial charge in [-0.15, -0.1) is 0 Å². The molecule has 0 aliphatic rings. The van der Waals surface area contributed by atoms with Crippen molar-refractivity contribution >= 4 is 5.91 Å². The molecule has 0 unspecified atom stereocenters. The second-order valence-electron chi connectivity index (χ2n) is 3.85. The van der Waals surface area contributed by atoms with Crippen LogP contribution in [0.3, 0.4) is 0 Å². The van der Waals surface area contributed by atoms with Gasteiger partial charge >= 0.3 is 0 Å². The lowest BCUT2D eigenvalue weighted by Crippen LogP contribution is -2.27. The summed E-state index contributed by atoms with van der Waals surface area (Å²) >= 11 is 0. The molecule has 0 bridgehead atoms.